The number of H-pyrrole nitrogens is 1. The van der Waals surface area contributed by atoms with Crippen LogP contribution in [0.1, 0.15) is 21.6 Å². The van der Waals surface area contributed by atoms with E-state index in [1.807, 2.05) is 0 Å². The number of ether oxygens (including phenoxy) is 1. The van der Waals surface area contributed by atoms with Gasteiger partial charge >= 0.3 is 12.0 Å². The van der Waals surface area contributed by atoms with Gasteiger partial charge in [-0.05, 0) is 17.7 Å². The molecule has 3 N–H and O–H groups in total. The van der Waals surface area contributed by atoms with Gasteiger partial charge in [0.15, 0.2) is 0 Å². The van der Waals surface area contributed by atoms with Crippen molar-refractivity contribution in [2.75, 3.05) is 6.61 Å². The van der Waals surface area contributed by atoms with Gasteiger partial charge in [-0.1, -0.05) is 66.2 Å². The Hall–Kier alpha value is -3.55. The SMILES string of the molecule is C=CCOC(=O)c1[nH]c2cc(Cl)cc(Cl)c2c1C(=C1NC(=O)NC1=O)c1ccccc1. The molecule has 1 aliphatic heterocycles. The third-order valence-electron chi connectivity index (χ3n) is 4.61. The van der Waals surface area contributed by atoms with Crippen LogP contribution in [0.2, 0.25) is 10.0 Å². The maximum atomic E-state index is 12.9. The van der Waals surface area contributed by atoms with Crippen LogP contribution in [0.15, 0.2) is 60.8 Å². The van der Waals surface area contributed by atoms with Crippen LogP contribution < -0.4 is 10.6 Å². The van der Waals surface area contributed by atoms with Crippen LogP contribution in [-0.4, -0.2) is 29.5 Å². The summed E-state index contributed by atoms with van der Waals surface area (Å²) in [5, 5.41) is 5.79. The number of rotatable bonds is 5. The zero-order chi connectivity index (χ0) is 22.1. The minimum Gasteiger partial charge on any atom is -0.457 e. The van der Waals surface area contributed by atoms with Gasteiger partial charge < -0.3 is 15.0 Å². The summed E-state index contributed by atoms with van der Waals surface area (Å²) in [6.07, 6.45) is 1.44. The zero-order valence-electron chi connectivity index (χ0n) is 15.9. The summed E-state index contributed by atoms with van der Waals surface area (Å²) < 4.78 is 5.24. The fraction of sp³-hybridized carbons (Fsp3) is 0.0455. The van der Waals surface area contributed by atoms with Crippen molar-refractivity contribution in [1.29, 1.82) is 0 Å². The van der Waals surface area contributed by atoms with Crippen molar-refractivity contribution >= 4 is 57.6 Å². The number of urea groups is 1. The van der Waals surface area contributed by atoms with Crippen LogP contribution in [0.3, 0.4) is 0 Å². The number of hydrogen-bond acceptors (Lipinski definition) is 4. The molecule has 1 saturated heterocycles. The normalized spacial score (nSPS) is 14.9. The van der Waals surface area contributed by atoms with E-state index >= 15 is 0 Å². The van der Waals surface area contributed by atoms with Gasteiger partial charge in [-0.15, -0.1) is 0 Å². The Labute approximate surface area is 186 Å². The lowest BCUT2D eigenvalue weighted by molar-refractivity contribution is -0.115. The smallest absolute Gasteiger partial charge is 0.355 e. The van der Waals surface area contributed by atoms with E-state index in [-0.39, 0.29) is 23.0 Å². The summed E-state index contributed by atoms with van der Waals surface area (Å²) in [7, 11) is 0. The number of imide groups is 1. The Bertz CT molecular complexity index is 1280. The summed E-state index contributed by atoms with van der Waals surface area (Å²) in [5.74, 6) is -1.31. The molecule has 0 saturated carbocycles. The van der Waals surface area contributed by atoms with Crippen LogP contribution in [0.5, 0.6) is 0 Å². The molecule has 3 amide bonds. The summed E-state index contributed by atoms with van der Waals surface area (Å²) in [4.78, 5) is 40.3. The minimum atomic E-state index is -0.683. The monoisotopic (exact) mass is 455 g/mol. The number of fused-ring (bicyclic) bond motifs is 1. The van der Waals surface area contributed by atoms with E-state index in [4.69, 9.17) is 27.9 Å². The molecule has 0 radical (unpaired) electrons. The lowest BCUT2D eigenvalue weighted by Crippen LogP contribution is -2.22. The van der Waals surface area contributed by atoms with Crippen LogP contribution in [0, 0.1) is 0 Å². The highest BCUT2D eigenvalue weighted by molar-refractivity contribution is 6.39. The number of esters is 1. The molecule has 0 spiro atoms. The average Bonchev–Trinajstić information content (AvgIpc) is 3.27. The quantitative estimate of drug-likeness (QED) is 0.229. The van der Waals surface area contributed by atoms with E-state index in [0.717, 1.165) is 0 Å². The molecule has 156 valence electrons. The van der Waals surface area contributed by atoms with Gasteiger partial charge in [0.25, 0.3) is 5.91 Å². The lowest BCUT2D eigenvalue weighted by Gasteiger charge is -2.13. The molecule has 2 aromatic carbocycles. The van der Waals surface area contributed by atoms with Crippen LogP contribution in [-0.2, 0) is 9.53 Å². The molecular weight excluding hydrogens is 441 g/mol. The average molecular weight is 456 g/mol. The van der Waals surface area contributed by atoms with Crippen molar-refractivity contribution in [3.63, 3.8) is 0 Å². The molecule has 2 heterocycles. The second-order valence-corrected chi connectivity index (χ2v) is 7.44. The molecule has 31 heavy (non-hydrogen) atoms. The Kier molecular flexibility index (Phi) is 5.54. The fourth-order valence-electron chi connectivity index (χ4n) is 3.42. The minimum absolute atomic E-state index is 0.0131. The van der Waals surface area contributed by atoms with Gasteiger partial charge in [0, 0.05) is 27.1 Å². The van der Waals surface area contributed by atoms with E-state index in [1.165, 1.54) is 12.1 Å². The second kappa shape index (κ2) is 8.29. The number of aromatic nitrogens is 1. The highest BCUT2D eigenvalue weighted by atomic mass is 35.5. The second-order valence-electron chi connectivity index (χ2n) is 6.60. The molecule has 0 aliphatic carbocycles. The highest BCUT2D eigenvalue weighted by Crippen LogP contribution is 2.40. The van der Waals surface area contributed by atoms with Gasteiger partial charge in [-0.2, -0.15) is 0 Å². The molecule has 1 aromatic heterocycles. The molecule has 9 heteroatoms. The van der Waals surface area contributed by atoms with Crippen molar-refractivity contribution < 1.29 is 19.1 Å². The standard InChI is InChI=1S/C22H15Cl2N3O4/c1-2-8-31-21(29)19-17(16-13(24)9-12(23)10-14(16)25-19)15(11-6-4-3-5-7-11)18-20(28)27-22(30)26-18/h2-7,9-10,25H,1,8H2,(H2,26,27,28,30). The maximum Gasteiger partial charge on any atom is 0.355 e. The van der Waals surface area contributed by atoms with Gasteiger partial charge in [0.1, 0.15) is 18.0 Å². The van der Waals surface area contributed by atoms with E-state index in [9.17, 15) is 14.4 Å². The number of carbonyl (C=O) groups excluding carboxylic acids is 3. The predicted molar refractivity (Wildman–Crippen MR) is 118 cm³/mol. The zero-order valence-corrected chi connectivity index (χ0v) is 17.4. The first-order chi connectivity index (χ1) is 14.9. The Balaban J connectivity index is 2.11. The van der Waals surface area contributed by atoms with E-state index in [2.05, 4.69) is 22.2 Å². The van der Waals surface area contributed by atoms with Crippen LogP contribution in [0.4, 0.5) is 4.79 Å². The third-order valence-corrected chi connectivity index (χ3v) is 5.12. The fourth-order valence-corrected chi connectivity index (χ4v) is 4.01. The first-order valence-corrected chi connectivity index (χ1v) is 9.87. The number of hydrogen-bond donors (Lipinski definition) is 3. The molecule has 0 atom stereocenters. The number of carbonyl (C=O) groups is 3. The predicted octanol–water partition coefficient (Wildman–Crippen LogP) is 4.42. The number of halogens is 2. The van der Waals surface area contributed by atoms with Crippen LogP contribution >= 0.6 is 23.2 Å². The molecule has 1 fully saturated rings. The Morgan fingerprint density at radius 3 is 2.48 bits per heavy atom. The van der Waals surface area contributed by atoms with Gasteiger partial charge in [-0.3, -0.25) is 10.1 Å². The van der Waals surface area contributed by atoms with E-state index in [1.54, 1.807) is 36.4 Å². The molecule has 7 nitrogen and oxygen atoms in total. The number of aromatic amines is 1. The number of nitrogens with one attached hydrogen (secondary N) is 3. The largest absolute Gasteiger partial charge is 0.457 e. The molecule has 3 aromatic rings. The van der Waals surface area contributed by atoms with Crippen molar-refractivity contribution in [3.05, 3.63) is 87.7 Å². The molecule has 0 bridgehead atoms. The highest BCUT2D eigenvalue weighted by Gasteiger charge is 2.32. The van der Waals surface area contributed by atoms with Crippen molar-refractivity contribution in [2.45, 2.75) is 0 Å². The maximum absolute atomic E-state index is 12.9. The Morgan fingerprint density at radius 2 is 1.84 bits per heavy atom. The van der Waals surface area contributed by atoms with Crippen molar-refractivity contribution in [3.8, 4) is 0 Å². The summed E-state index contributed by atoms with van der Waals surface area (Å²) in [6, 6.07) is 11.3. The topological polar surface area (TPSA) is 100 Å². The van der Waals surface area contributed by atoms with E-state index < -0.39 is 17.9 Å². The summed E-state index contributed by atoms with van der Waals surface area (Å²) in [6.45, 7) is 3.53. The Morgan fingerprint density at radius 1 is 1.10 bits per heavy atom. The number of amides is 3. The van der Waals surface area contributed by atoms with Gasteiger partial charge in [-0.25, -0.2) is 9.59 Å². The first-order valence-electron chi connectivity index (χ1n) is 9.12. The van der Waals surface area contributed by atoms with E-state index in [0.29, 0.717) is 32.6 Å². The van der Waals surface area contributed by atoms with Crippen molar-refractivity contribution in [2.24, 2.45) is 0 Å². The number of benzene rings is 2. The van der Waals surface area contributed by atoms with Gasteiger partial charge in [0.05, 0.1) is 5.02 Å². The summed E-state index contributed by atoms with van der Waals surface area (Å²) >= 11 is 12.7. The lowest BCUT2D eigenvalue weighted by atomic mass is 9.93. The third kappa shape index (κ3) is 3.81. The van der Waals surface area contributed by atoms with Crippen molar-refractivity contribution in [1.82, 2.24) is 15.6 Å². The molecular formula is C22H15Cl2N3O4. The summed E-state index contributed by atoms with van der Waals surface area (Å²) in [5.41, 5.74) is 1.72. The molecule has 4 rings (SSSR count). The molecule has 0 unspecified atom stereocenters. The van der Waals surface area contributed by atoms with Gasteiger partial charge in [0.2, 0.25) is 0 Å². The molecule has 1 aliphatic rings. The van der Waals surface area contributed by atoms with Crippen LogP contribution in [0.25, 0.3) is 16.5 Å². The first kappa shape index (κ1) is 20.7.